The highest BCUT2D eigenvalue weighted by molar-refractivity contribution is 7.16. The third-order valence-corrected chi connectivity index (χ3v) is 5.61. The van der Waals surface area contributed by atoms with E-state index in [1.807, 2.05) is 61.5 Å². The Kier molecular flexibility index (Phi) is 8.01. The van der Waals surface area contributed by atoms with Gasteiger partial charge in [0.2, 0.25) is 5.91 Å². The van der Waals surface area contributed by atoms with Gasteiger partial charge in [-0.2, -0.15) is 0 Å². The second-order valence-electron chi connectivity index (χ2n) is 6.70. The van der Waals surface area contributed by atoms with Crippen molar-refractivity contribution in [3.63, 3.8) is 0 Å². The lowest BCUT2D eigenvalue weighted by Crippen LogP contribution is -2.11. The number of esters is 1. The monoisotopic (exact) mass is 435 g/mol. The molecule has 1 amide bonds. The topological polar surface area (TPSA) is 64.6 Å². The van der Waals surface area contributed by atoms with Crippen molar-refractivity contribution in [3.05, 3.63) is 88.3 Å². The molecule has 3 rings (SSSR count). The van der Waals surface area contributed by atoms with Crippen molar-refractivity contribution >= 4 is 34.3 Å². The van der Waals surface area contributed by atoms with Gasteiger partial charge in [-0.1, -0.05) is 49.4 Å². The number of rotatable bonds is 9. The Hall–Kier alpha value is -3.38. The first kappa shape index (κ1) is 22.3. The standard InChI is InChI=1S/C25H25NO4S/c1-3-21-16-22(25(28)29-4-2)24(31-21)26-23(27)15-12-18-10-13-20(14-11-18)30-17-19-8-6-5-7-9-19/h5-16H,3-4,17H2,1-2H3,(H,26,27)/b15-12+. The van der Waals surface area contributed by atoms with Crippen LogP contribution in [0.1, 0.15) is 40.2 Å². The van der Waals surface area contributed by atoms with Crippen LogP contribution < -0.4 is 10.1 Å². The van der Waals surface area contributed by atoms with Crippen molar-refractivity contribution in [3.8, 4) is 5.75 Å². The van der Waals surface area contributed by atoms with Gasteiger partial charge < -0.3 is 14.8 Å². The van der Waals surface area contributed by atoms with E-state index in [-0.39, 0.29) is 12.5 Å². The summed E-state index contributed by atoms with van der Waals surface area (Å²) in [7, 11) is 0. The van der Waals surface area contributed by atoms with Gasteiger partial charge in [-0.05, 0) is 48.7 Å². The molecule has 0 saturated heterocycles. The third-order valence-electron chi connectivity index (χ3n) is 4.42. The predicted molar refractivity (Wildman–Crippen MR) is 125 cm³/mol. The Balaban J connectivity index is 1.58. The van der Waals surface area contributed by atoms with Gasteiger partial charge in [-0.25, -0.2) is 4.79 Å². The Bertz CT molecular complexity index is 1040. The smallest absolute Gasteiger partial charge is 0.341 e. The summed E-state index contributed by atoms with van der Waals surface area (Å²) in [4.78, 5) is 25.5. The molecule has 0 aliphatic heterocycles. The molecule has 0 unspecified atom stereocenters. The number of benzene rings is 2. The minimum Gasteiger partial charge on any atom is -0.489 e. The fourth-order valence-electron chi connectivity index (χ4n) is 2.81. The van der Waals surface area contributed by atoms with Crippen molar-refractivity contribution in [2.45, 2.75) is 26.9 Å². The van der Waals surface area contributed by atoms with E-state index in [0.717, 1.165) is 28.2 Å². The van der Waals surface area contributed by atoms with Crippen LogP contribution in [0, 0.1) is 0 Å². The van der Waals surface area contributed by atoms with Crippen LogP contribution in [0.15, 0.2) is 66.7 Å². The maximum atomic E-state index is 12.4. The zero-order valence-corrected chi connectivity index (χ0v) is 18.4. The molecule has 0 aliphatic rings. The quantitative estimate of drug-likeness (QED) is 0.345. The van der Waals surface area contributed by atoms with E-state index in [1.54, 1.807) is 19.1 Å². The molecule has 6 heteroatoms. The summed E-state index contributed by atoms with van der Waals surface area (Å²) >= 11 is 1.39. The minimum absolute atomic E-state index is 0.286. The number of hydrogen-bond acceptors (Lipinski definition) is 5. The molecule has 31 heavy (non-hydrogen) atoms. The summed E-state index contributed by atoms with van der Waals surface area (Å²) < 4.78 is 10.9. The Morgan fingerprint density at radius 2 is 1.77 bits per heavy atom. The first-order chi connectivity index (χ1) is 15.1. The van der Waals surface area contributed by atoms with Crippen LogP contribution in [-0.4, -0.2) is 18.5 Å². The summed E-state index contributed by atoms with van der Waals surface area (Å²) in [5, 5.41) is 3.30. The van der Waals surface area contributed by atoms with Gasteiger partial charge in [-0.15, -0.1) is 11.3 Å². The summed E-state index contributed by atoms with van der Waals surface area (Å²) in [6.45, 7) is 4.54. The van der Waals surface area contributed by atoms with E-state index in [9.17, 15) is 9.59 Å². The molecular formula is C25H25NO4S. The van der Waals surface area contributed by atoms with Crippen LogP contribution in [0.2, 0.25) is 0 Å². The molecule has 0 radical (unpaired) electrons. The molecule has 0 spiro atoms. The summed E-state index contributed by atoms with van der Waals surface area (Å²) in [5.74, 6) is 0.0264. The average molecular weight is 436 g/mol. The Morgan fingerprint density at radius 3 is 2.45 bits per heavy atom. The maximum absolute atomic E-state index is 12.4. The van der Waals surface area contributed by atoms with Crippen LogP contribution in [-0.2, 0) is 22.6 Å². The molecule has 1 heterocycles. The molecule has 0 aliphatic carbocycles. The number of nitrogens with one attached hydrogen (secondary N) is 1. The summed E-state index contributed by atoms with van der Waals surface area (Å²) in [5.41, 5.74) is 2.36. The number of hydrogen-bond donors (Lipinski definition) is 1. The van der Waals surface area contributed by atoms with E-state index in [1.165, 1.54) is 17.4 Å². The molecule has 0 saturated carbocycles. The van der Waals surface area contributed by atoms with Crippen molar-refractivity contribution in [2.24, 2.45) is 0 Å². The lowest BCUT2D eigenvalue weighted by Gasteiger charge is -2.06. The van der Waals surface area contributed by atoms with Crippen molar-refractivity contribution in [1.29, 1.82) is 0 Å². The first-order valence-corrected chi connectivity index (χ1v) is 11.0. The molecule has 1 N–H and O–H groups in total. The number of thiophene rings is 1. The summed E-state index contributed by atoms with van der Waals surface area (Å²) in [6.07, 6.45) is 3.94. The average Bonchev–Trinajstić information content (AvgIpc) is 3.21. The van der Waals surface area contributed by atoms with E-state index in [0.29, 0.717) is 17.2 Å². The molecule has 0 bridgehead atoms. The number of amides is 1. The molecule has 2 aromatic carbocycles. The van der Waals surface area contributed by atoms with Crippen LogP contribution in [0.25, 0.3) is 6.08 Å². The Labute approximate surface area is 186 Å². The molecule has 5 nitrogen and oxygen atoms in total. The van der Waals surface area contributed by atoms with Crippen molar-refractivity contribution < 1.29 is 19.1 Å². The molecule has 0 atom stereocenters. The van der Waals surface area contributed by atoms with Gasteiger partial charge in [-0.3, -0.25) is 4.79 Å². The van der Waals surface area contributed by atoms with Crippen LogP contribution in [0.5, 0.6) is 5.75 Å². The Morgan fingerprint density at radius 1 is 1.03 bits per heavy atom. The fraction of sp³-hybridized carbons (Fsp3) is 0.200. The number of carbonyl (C=O) groups excluding carboxylic acids is 2. The minimum atomic E-state index is -0.427. The van der Waals surface area contributed by atoms with Crippen LogP contribution >= 0.6 is 11.3 Å². The second kappa shape index (κ2) is 11.1. The number of anilines is 1. The number of ether oxygens (including phenoxy) is 2. The van der Waals surface area contributed by atoms with Gasteiger partial charge >= 0.3 is 5.97 Å². The predicted octanol–water partition coefficient (Wildman–Crippen LogP) is 5.72. The highest BCUT2D eigenvalue weighted by atomic mass is 32.1. The van der Waals surface area contributed by atoms with E-state index in [2.05, 4.69) is 5.32 Å². The van der Waals surface area contributed by atoms with Crippen molar-refractivity contribution in [1.82, 2.24) is 0 Å². The zero-order valence-electron chi connectivity index (χ0n) is 17.6. The third kappa shape index (κ3) is 6.55. The normalized spacial score (nSPS) is 10.8. The lowest BCUT2D eigenvalue weighted by atomic mass is 10.2. The summed E-state index contributed by atoms with van der Waals surface area (Å²) in [6, 6.07) is 19.2. The van der Waals surface area contributed by atoms with Gasteiger partial charge in [0.05, 0.1) is 12.2 Å². The fourth-order valence-corrected chi connectivity index (χ4v) is 3.80. The van der Waals surface area contributed by atoms with Crippen molar-refractivity contribution in [2.75, 3.05) is 11.9 Å². The number of aryl methyl sites for hydroxylation is 1. The highest BCUT2D eigenvalue weighted by Gasteiger charge is 2.17. The zero-order chi connectivity index (χ0) is 22.1. The maximum Gasteiger partial charge on any atom is 0.341 e. The van der Waals surface area contributed by atoms with Gasteiger partial charge in [0.25, 0.3) is 0 Å². The van der Waals surface area contributed by atoms with Gasteiger partial charge in [0, 0.05) is 11.0 Å². The van der Waals surface area contributed by atoms with Crippen LogP contribution in [0.3, 0.4) is 0 Å². The molecule has 160 valence electrons. The van der Waals surface area contributed by atoms with E-state index < -0.39 is 5.97 Å². The highest BCUT2D eigenvalue weighted by Crippen LogP contribution is 2.29. The lowest BCUT2D eigenvalue weighted by molar-refractivity contribution is -0.111. The molecule has 1 aromatic heterocycles. The van der Waals surface area contributed by atoms with E-state index >= 15 is 0 Å². The van der Waals surface area contributed by atoms with Gasteiger partial charge in [0.1, 0.15) is 17.4 Å². The SMILES string of the molecule is CCOC(=O)c1cc(CC)sc1NC(=O)/C=C/c1ccc(OCc2ccccc2)cc1. The number of carbonyl (C=O) groups is 2. The van der Waals surface area contributed by atoms with Crippen LogP contribution in [0.4, 0.5) is 5.00 Å². The second-order valence-corrected chi connectivity index (χ2v) is 7.83. The molecule has 3 aromatic rings. The molecule has 0 fully saturated rings. The first-order valence-electron chi connectivity index (χ1n) is 10.1. The van der Waals surface area contributed by atoms with Gasteiger partial charge in [0.15, 0.2) is 0 Å². The van der Waals surface area contributed by atoms with E-state index in [4.69, 9.17) is 9.47 Å². The largest absolute Gasteiger partial charge is 0.489 e. The molecular weight excluding hydrogens is 410 g/mol.